The van der Waals surface area contributed by atoms with Crippen molar-refractivity contribution in [2.45, 2.75) is 11.3 Å². The normalized spacial score (nSPS) is 11.7. The van der Waals surface area contributed by atoms with E-state index in [1.165, 1.54) is 18.5 Å². The summed E-state index contributed by atoms with van der Waals surface area (Å²) in [7, 11) is -3.71. The van der Waals surface area contributed by atoms with Gasteiger partial charge in [0.15, 0.2) is 0 Å². The quantitative estimate of drug-likeness (QED) is 0.677. The maximum absolute atomic E-state index is 12.2. The molecule has 0 radical (unpaired) electrons. The smallest absolute Gasteiger partial charge is 0.241 e. The van der Waals surface area contributed by atoms with Crippen LogP contribution < -0.4 is 10.5 Å². The average molecular weight is 381 g/mol. The van der Waals surface area contributed by atoms with Gasteiger partial charge >= 0.3 is 0 Å². The van der Waals surface area contributed by atoms with E-state index in [1.54, 1.807) is 0 Å². The van der Waals surface area contributed by atoms with E-state index < -0.39 is 10.0 Å². The first-order valence-corrected chi connectivity index (χ1v) is 8.14. The van der Waals surface area contributed by atoms with Gasteiger partial charge < -0.3 is 5.73 Å². The van der Waals surface area contributed by atoms with Crippen LogP contribution in [0.5, 0.6) is 0 Å². The van der Waals surface area contributed by atoms with Crippen LogP contribution in [0, 0.1) is 0 Å². The van der Waals surface area contributed by atoms with Crippen molar-refractivity contribution >= 4 is 43.2 Å². The summed E-state index contributed by atoms with van der Waals surface area (Å²) in [6.45, 7) is 0.177. The Bertz CT molecular complexity index is 705. The highest BCUT2D eigenvalue weighted by Gasteiger charge is 2.19. The highest BCUT2D eigenvalue weighted by atomic mass is 79.9. The van der Waals surface area contributed by atoms with Crippen LogP contribution in [-0.2, 0) is 16.4 Å². The van der Waals surface area contributed by atoms with Crippen molar-refractivity contribution in [3.05, 3.63) is 33.8 Å². The molecule has 0 unspecified atom stereocenters. The van der Waals surface area contributed by atoms with Crippen molar-refractivity contribution in [3.63, 3.8) is 0 Å². The zero-order valence-corrected chi connectivity index (χ0v) is 13.3. The molecule has 1 heterocycles. The number of hydrogen-bond acceptors (Lipinski definition) is 5. The second-order valence-electron chi connectivity index (χ2n) is 3.89. The molecule has 2 aromatic rings. The molecule has 0 fully saturated rings. The minimum absolute atomic E-state index is 0.0000647. The number of nitrogens with one attached hydrogen (secondary N) is 2. The van der Waals surface area contributed by atoms with Crippen molar-refractivity contribution in [3.8, 4) is 0 Å². The van der Waals surface area contributed by atoms with Crippen molar-refractivity contribution in [1.29, 1.82) is 0 Å². The van der Waals surface area contributed by atoms with Crippen molar-refractivity contribution in [2.24, 2.45) is 0 Å². The highest BCUT2D eigenvalue weighted by molar-refractivity contribution is 9.10. The molecule has 10 heteroatoms. The number of nitrogens with zero attached hydrogens (tertiary/aromatic N) is 2. The molecule has 0 bridgehead atoms. The number of nitrogen functional groups attached to an aromatic ring is 1. The van der Waals surface area contributed by atoms with Crippen molar-refractivity contribution in [2.75, 3.05) is 12.3 Å². The second kappa shape index (κ2) is 6.08. The average Bonchev–Trinajstić information content (AvgIpc) is 2.86. The van der Waals surface area contributed by atoms with Crippen LogP contribution in [0.3, 0.4) is 0 Å². The minimum Gasteiger partial charge on any atom is -0.398 e. The van der Waals surface area contributed by atoms with Crippen LogP contribution in [0.2, 0.25) is 5.02 Å². The van der Waals surface area contributed by atoms with Crippen LogP contribution in [0.15, 0.2) is 27.8 Å². The molecule has 0 amide bonds. The summed E-state index contributed by atoms with van der Waals surface area (Å²) < 4.78 is 27.1. The number of sulfonamides is 1. The molecule has 0 aliphatic carbocycles. The van der Waals surface area contributed by atoms with Gasteiger partial charge in [-0.05, 0) is 28.1 Å². The van der Waals surface area contributed by atoms with Crippen molar-refractivity contribution in [1.82, 2.24) is 19.9 Å². The van der Waals surface area contributed by atoms with E-state index in [4.69, 9.17) is 17.3 Å². The van der Waals surface area contributed by atoms with Gasteiger partial charge in [0.25, 0.3) is 0 Å². The summed E-state index contributed by atoms with van der Waals surface area (Å²) in [5, 5.41) is 6.58. The first-order valence-electron chi connectivity index (χ1n) is 5.48. The maximum Gasteiger partial charge on any atom is 0.241 e. The number of nitrogens with two attached hydrogens (primary N) is 1. The SMILES string of the molecule is Nc1cc(Cl)cc(S(=O)(=O)NCCc2ncn[nH]2)c1Br. The zero-order valence-electron chi connectivity index (χ0n) is 10.1. The van der Waals surface area contributed by atoms with Crippen LogP contribution in [0.4, 0.5) is 5.69 Å². The summed E-state index contributed by atoms with van der Waals surface area (Å²) in [5.41, 5.74) is 5.93. The van der Waals surface area contributed by atoms with Gasteiger partial charge in [0.05, 0.1) is 9.37 Å². The second-order valence-corrected chi connectivity index (χ2v) is 6.85. The third-order valence-corrected chi connectivity index (χ3v) is 5.29. The molecule has 108 valence electrons. The number of halogens is 2. The van der Waals surface area contributed by atoms with Crippen LogP contribution in [-0.4, -0.2) is 30.1 Å². The van der Waals surface area contributed by atoms with Gasteiger partial charge in [-0.3, -0.25) is 5.10 Å². The summed E-state index contributed by atoms with van der Waals surface area (Å²) in [6.07, 6.45) is 1.75. The Morgan fingerprint density at radius 1 is 1.45 bits per heavy atom. The summed E-state index contributed by atoms with van der Waals surface area (Å²) in [5.74, 6) is 0.595. The van der Waals surface area contributed by atoms with Gasteiger partial charge in [-0.15, -0.1) is 0 Å². The Morgan fingerprint density at radius 3 is 2.85 bits per heavy atom. The molecule has 0 saturated heterocycles. The fourth-order valence-corrected chi connectivity index (χ4v) is 3.83. The van der Waals surface area contributed by atoms with Crippen LogP contribution >= 0.6 is 27.5 Å². The molecule has 1 aromatic heterocycles. The Morgan fingerprint density at radius 2 is 2.20 bits per heavy atom. The molecular weight excluding hydrogens is 370 g/mol. The van der Waals surface area contributed by atoms with E-state index >= 15 is 0 Å². The Hall–Kier alpha value is -1.16. The number of benzene rings is 1. The summed E-state index contributed by atoms with van der Waals surface area (Å²) in [6, 6.07) is 2.80. The van der Waals surface area contributed by atoms with Crippen LogP contribution in [0.25, 0.3) is 0 Å². The van der Waals surface area contributed by atoms with Crippen LogP contribution in [0.1, 0.15) is 5.82 Å². The van der Waals surface area contributed by atoms with E-state index in [9.17, 15) is 8.42 Å². The van der Waals surface area contributed by atoms with Gasteiger partial charge in [0, 0.05) is 23.7 Å². The molecule has 4 N–H and O–H groups in total. The summed E-state index contributed by atoms with van der Waals surface area (Å²) in [4.78, 5) is 3.90. The Labute approximate surface area is 129 Å². The largest absolute Gasteiger partial charge is 0.398 e. The van der Waals surface area contributed by atoms with Gasteiger partial charge in [-0.1, -0.05) is 11.6 Å². The Balaban J connectivity index is 2.14. The minimum atomic E-state index is -3.71. The van der Waals surface area contributed by atoms with Gasteiger partial charge in [-0.2, -0.15) is 5.10 Å². The lowest BCUT2D eigenvalue weighted by Gasteiger charge is -2.10. The lowest BCUT2D eigenvalue weighted by Crippen LogP contribution is -2.26. The lowest BCUT2D eigenvalue weighted by molar-refractivity contribution is 0.580. The predicted molar refractivity (Wildman–Crippen MR) is 78.8 cm³/mol. The van der Waals surface area contributed by atoms with E-state index in [1.807, 2.05) is 0 Å². The van der Waals surface area contributed by atoms with E-state index in [0.29, 0.717) is 12.2 Å². The predicted octanol–water partition coefficient (Wildman–Crippen LogP) is 1.32. The number of aromatic amines is 1. The van der Waals surface area contributed by atoms with Gasteiger partial charge in [0.2, 0.25) is 10.0 Å². The number of aromatic nitrogens is 3. The number of anilines is 1. The van der Waals surface area contributed by atoms with E-state index in [-0.39, 0.29) is 26.6 Å². The molecule has 7 nitrogen and oxygen atoms in total. The van der Waals surface area contributed by atoms with E-state index in [0.717, 1.165) is 0 Å². The summed E-state index contributed by atoms with van der Waals surface area (Å²) >= 11 is 8.98. The molecule has 0 atom stereocenters. The number of hydrogen-bond donors (Lipinski definition) is 3. The first kappa shape index (κ1) is 15.2. The maximum atomic E-state index is 12.2. The molecule has 0 spiro atoms. The molecule has 0 saturated carbocycles. The zero-order chi connectivity index (χ0) is 14.8. The number of H-pyrrole nitrogens is 1. The Kier molecular flexibility index (Phi) is 4.63. The molecule has 20 heavy (non-hydrogen) atoms. The van der Waals surface area contributed by atoms with Gasteiger partial charge in [0.1, 0.15) is 12.2 Å². The van der Waals surface area contributed by atoms with E-state index in [2.05, 4.69) is 35.8 Å². The topological polar surface area (TPSA) is 114 Å². The van der Waals surface area contributed by atoms with Gasteiger partial charge in [-0.25, -0.2) is 18.1 Å². The monoisotopic (exact) mass is 379 g/mol. The fraction of sp³-hybridized carbons (Fsp3) is 0.200. The molecular formula is C10H11BrClN5O2S. The third-order valence-electron chi connectivity index (χ3n) is 2.44. The molecule has 1 aromatic carbocycles. The molecule has 2 rings (SSSR count). The molecule has 0 aliphatic rings. The lowest BCUT2D eigenvalue weighted by atomic mass is 10.3. The van der Waals surface area contributed by atoms with Crippen molar-refractivity contribution < 1.29 is 8.42 Å². The standard InChI is InChI=1S/C10H11BrClN5O2S/c11-10-7(13)3-6(12)4-8(10)20(18,19)16-2-1-9-14-5-15-17-9/h3-5,16H,1-2,13H2,(H,14,15,17). The third kappa shape index (κ3) is 3.48. The number of rotatable bonds is 5. The highest BCUT2D eigenvalue weighted by Crippen LogP contribution is 2.31. The molecule has 0 aliphatic heterocycles. The first-order chi connectivity index (χ1) is 9.40. The fourth-order valence-electron chi connectivity index (χ4n) is 1.51.